The number of hydrogen-bond acceptors (Lipinski definition) is 6. The maximum Gasteiger partial charge on any atom is 0.411 e. The lowest BCUT2D eigenvalue weighted by Gasteiger charge is -2.15. The molecule has 186 valence electrons. The molecule has 0 aliphatic heterocycles. The number of nitrogens with zero attached hydrogens (tertiary/aromatic N) is 4. The lowest BCUT2D eigenvalue weighted by Crippen LogP contribution is -2.22. The van der Waals surface area contributed by atoms with E-state index in [1.807, 2.05) is 60.7 Å². The molecule has 9 heteroatoms. The predicted molar refractivity (Wildman–Crippen MR) is 143 cm³/mol. The average Bonchev–Trinajstić information content (AvgIpc) is 3.34. The number of hydrogen-bond donors (Lipinski definition) is 1. The molecule has 1 amide bonds. The standard InChI is InChI=1S/C27H31N5O3Si/c1-36(2,3)13-12-34-20-32-26(29-19-30-32)24-14-23(16-28-17-24)22-10-7-11-25(15-22)31-27(33)35-18-21-8-5-4-6-9-21/h4-11,14-17,19H,12-13,18,20H2,1-3H3,(H,31,33). The monoisotopic (exact) mass is 501 g/mol. The van der Waals surface area contributed by atoms with E-state index >= 15 is 0 Å². The lowest BCUT2D eigenvalue weighted by atomic mass is 10.1. The Morgan fingerprint density at radius 3 is 2.58 bits per heavy atom. The van der Waals surface area contributed by atoms with Gasteiger partial charge in [0.15, 0.2) is 5.82 Å². The molecule has 4 rings (SSSR count). The van der Waals surface area contributed by atoms with Crippen LogP contribution < -0.4 is 5.32 Å². The van der Waals surface area contributed by atoms with Gasteiger partial charge in [0.05, 0.1) is 0 Å². The van der Waals surface area contributed by atoms with Crippen molar-refractivity contribution in [3.63, 3.8) is 0 Å². The molecule has 0 saturated carbocycles. The van der Waals surface area contributed by atoms with Crippen LogP contribution >= 0.6 is 0 Å². The first-order valence-corrected chi connectivity index (χ1v) is 15.6. The van der Waals surface area contributed by atoms with Crippen molar-refractivity contribution in [3.8, 4) is 22.5 Å². The Labute approximate surface area is 212 Å². The fourth-order valence-electron chi connectivity index (χ4n) is 3.49. The summed E-state index contributed by atoms with van der Waals surface area (Å²) in [5.74, 6) is 0.691. The highest BCUT2D eigenvalue weighted by Gasteiger charge is 2.14. The lowest BCUT2D eigenvalue weighted by molar-refractivity contribution is 0.0796. The smallest absolute Gasteiger partial charge is 0.411 e. The summed E-state index contributed by atoms with van der Waals surface area (Å²) in [5.41, 5.74) is 4.19. The van der Waals surface area contributed by atoms with Crippen LogP contribution in [0.4, 0.5) is 10.5 Å². The van der Waals surface area contributed by atoms with Crippen LogP contribution in [-0.2, 0) is 22.8 Å². The minimum absolute atomic E-state index is 0.209. The van der Waals surface area contributed by atoms with Crippen molar-refractivity contribution in [2.75, 3.05) is 11.9 Å². The van der Waals surface area contributed by atoms with E-state index in [9.17, 15) is 4.79 Å². The summed E-state index contributed by atoms with van der Waals surface area (Å²) in [6.07, 6.45) is 4.55. The molecule has 0 unspecified atom stereocenters. The number of anilines is 1. The Kier molecular flexibility index (Phi) is 8.24. The molecule has 36 heavy (non-hydrogen) atoms. The zero-order valence-corrected chi connectivity index (χ0v) is 21.8. The van der Waals surface area contributed by atoms with Crippen molar-refractivity contribution < 1.29 is 14.3 Å². The van der Waals surface area contributed by atoms with Crippen molar-refractivity contribution >= 4 is 19.9 Å². The second-order valence-corrected chi connectivity index (χ2v) is 15.3. The molecular formula is C27H31N5O3Si. The van der Waals surface area contributed by atoms with Crippen LogP contribution in [0.1, 0.15) is 5.56 Å². The molecular weight excluding hydrogens is 470 g/mol. The van der Waals surface area contributed by atoms with E-state index < -0.39 is 14.2 Å². The number of carbonyl (C=O) groups excluding carboxylic acids is 1. The normalized spacial score (nSPS) is 11.3. The minimum atomic E-state index is -1.15. The first-order chi connectivity index (χ1) is 17.4. The van der Waals surface area contributed by atoms with E-state index in [0.29, 0.717) is 24.8 Å². The Balaban J connectivity index is 1.41. The number of ether oxygens (including phenoxy) is 2. The number of nitrogens with one attached hydrogen (secondary N) is 1. The fourth-order valence-corrected chi connectivity index (χ4v) is 4.24. The van der Waals surface area contributed by atoms with Gasteiger partial charge in [-0.2, -0.15) is 5.10 Å². The Bertz CT molecular complexity index is 1290. The van der Waals surface area contributed by atoms with E-state index in [2.05, 4.69) is 40.0 Å². The third-order valence-electron chi connectivity index (χ3n) is 5.48. The second-order valence-electron chi connectivity index (χ2n) is 9.66. The van der Waals surface area contributed by atoms with Gasteiger partial charge < -0.3 is 9.47 Å². The number of rotatable bonds is 10. The highest BCUT2D eigenvalue weighted by molar-refractivity contribution is 6.76. The van der Waals surface area contributed by atoms with Crippen molar-refractivity contribution in [2.24, 2.45) is 0 Å². The minimum Gasteiger partial charge on any atom is -0.444 e. The zero-order valence-electron chi connectivity index (χ0n) is 20.8. The third-order valence-corrected chi connectivity index (χ3v) is 7.18. The molecule has 0 aliphatic carbocycles. The van der Waals surface area contributed by atoms with Gasteiger partial charge >= 0.3 is 6.09 Å². The van der Waals surface area contributed by atoms with E-state index in [1.54, 1.807) is 17.1 Å². The SMILES string of the molecule is C[Si](C)(C)CCOCn1ncnc1-c1cncc(-c2cccc(NC(=O)OCc3ccccc3)c2)c1. The summed E-state index contributed by atoms with van der Waals surface area (Å²) in [4.78, 5) is 21.1. The van der Waals surface area contributed by atoms with Gasteiger partial charge in [-0.3, -0.25) is 10.3 Å². The molecule has 0 aliphatic rings. The van der Waals surface area contributed by atoms with Crippen LogP contribution in [0.5, 0.6) is 0 Å². The molecule has 0 bridgehead atoms. The largest absolute Gasteiger partial charge is 0.444 e. The summed E-state index contributed by atoms with van der Waals surface area (Å²) in [6, 6.07) is 20.2. The van der Waals surface area contributed by atoms with Gasteiger partial charge in [0, 0.05) is 43.9 Å². The first kappa shape index (κ1) is 25.3. The summed E-state index contributed by atoms with van der Waals surface area (Å²) < 4.78 is 12.9. The average molecular weight is 502 g/mol. The Hall–Kier alpha value is -3.82. The van der Waals surface area contributed by atoms with Gasteiger partial charge in [-0.1, -0.05) is 62.1 Å². The summed E-state index contributed by atoms with van der Waals surface area (Å²) in [7, 11) is -1.15. The number of benzene rings is 2. The molecule has 0 saturated heterocycles. The van der Waals surface area contributed by atoms with E-state index in [0.717, 1.165) is 28.3 Å². The summed E-state index contributed by atoms with van der Waals surface area (Å²) in [6.45, 7) is 8.24. The Morgan fingerprint density at radius 2 is 1.78 bits per heavy atom. The molecule has 0 fully saturated rings. The van der Waals surface area contributed by atoms with E-state index in [4.69, 9.17) is 9.47 Å². The van der Waals surface area contributed by atoms with Gasteiger partial charge in [-0.15, -0.1) is 0 Å². The first-order valence-electron chi connectivity index (χ1n) is 11.9. The van der Waals surface area contributed by atoms with Crippen LogP contribution in [0.2, 0.25) is 25.7 Å². The highest BCUT2D eigenvalue weighted by Crippen LogP contribution is 2.26. The summed E-state index contributed by atoms with van der Waals surface area (Å²) in [5, 5.41) is 7.11. The Morgan fingerprint density at radius 1 is 0.972 bits per heavy atom. The number of aromatic nitrogens is 4. The molecule has 0 radical (unpaired) electrons. The van der Waals surface area contributed by atoms with Crippen molar-refractivity contribution in [1.29, 1.82) is 0 Å². The van der Waals surface area contributed by atoms with E-state index in [-0.39, 0.29) is 6.61 Å². The van der Waals surface area contributed by atoms with Gasteiger partial charge in [-0.25, -0.2) is 14.5 Å². The van der Waals surface area contributed by atoms with Crippen molar-refractivity contribution in [2.45, 2.75) is 39.0 Å². The predicted octanol–water partition coefficient (Wildman–Crippen LogP) is 6.07. The molecule has 2 heterocycles. The number of carbonyl (C=O) groups is 1. The number of pyridine rings is 1. The molecule has 1 N–H and O–H groups in total. The number of amides is 1. The van der Waals surface area contributed by atoms with E-state index in [1.165, 1.54) is 6.33 Å². The van der Waals surface area contributed by atoms with Crippen molar-refractivity contribution in [1.82, 2.24) is 19.7 Å². The van der Waals surface area contributed by atoms with Crippen molar-refractivity contribution in [3.05, 3.63) is 84.9 Å². The van der Waals surface area contributed by atoms with Gasteiger partial charge in [0.2, 0.25) is 0 Å². The third kappa shape index (κ3) is 7.34. The molecule has 2 aromatic carbocycles. The molecule has 8 nitrogen and oxygen atoms in total. The van der Waals surface area contributed by atoms with Gasteiger partial charge in [0.25, 0.3) is 0 Å². The molecule has 4 aromatic rings. The molecule has 0 spiro atoms. The van der Waals surface area contributed by atoms with Crippen LogP contribution in [0.15, 0.2) is 79.4 Å². The maximum absolute atomic E-state index is 12.3. The molecule has 0 atom stereocenters. The summed E-state index contributed by atoms with van der Waals surface area (Å²) >= 11 is 0. The fraction of sp³-hybridized carbons (Fsp3) is 0.259. The van der Waals surface area contributed by atoms with Crippen LogP contribution in [0, 0.1) is 0 Å². The van der Waals surface area contributed by atoms with Crippen LogP contribution in [0.25, 0.3) is 22.5 Å². The maximum atomic E-state index is 12.3. The quantitative estimate of drug-likeness (QED) is 0.210. The van der Waals surface area contributed by atoms with Crippen LogP contribution in [0.3, 0.4) is 0 Å². The zero-order chi connectivity index (χ0) is 25.4. The van der Waals surface area contributed by atoms with Gasteiger partial charge in [0.1, 0.15) is 19.7 Å². The second kappa shape index (κ2) is 11.7. The van der Waals surface area contributed by atoms with Gasteiger partial charge in [-0.05, 0) is 35.4 Å². The topological polar surface area (TPSA) is 91.2 Å². The van der Waals surface area contributed by atoms with Crippen LogP contribution in [-0.4, -0.2) is 40.5 Å². The highest BCUT2D eigenvalue weighted by atomic mass is 28.3. The molecule has 2 aromatic heterocycles.